The third kappa shape index (κ3) is 5.11. The van der Waals surface area contributed by atoms with Crippen molar-refractivity contribution in [3.8, 4) is 5.75 Å². The third-order valence-corrected chi connectivity index (χ3v) is 6.81. The number of thioether (sulfide) groups is 1. The van der Waals surface area contributed by atoms with Crippen molar-refractivity contribution in [2.24, 2.45) is 11.8 Å². The second-order valence-corrected chi connectivity index (χ2v) is 9.33. The number of rotatable bonds is 9. The Bertz CT molecular complexity index is 766. The summed E-state index contributed by atoms with van der Waals surface area (Å²) < 4.78 is 5.68. The predicted molar refractivity (Wildman–Crippen MR) is 119 cm³/mol. The fraction of sp³-hybridized carbons (Fsp3) is 0.591. The zero-order valence-electron chi connectivity index (χ0n) is 17.5. The summed E-state index contributed by atoms with van der Waals surface area (Å²) in [7, 11) is 1.69. The van der Waals surface area contributed by atoms with E-state index < -0.39 is 6.04 Å². The molecule has 0 radical (unpaired) electrons. The SMILES string of the molecule is CSCCC(C(=O)N(C)CCOc1cccc(Cl)c1)N1C(=O)C2CCCCC2C1=O. The molecule has 6 nitrogen and oxygen atoms in total. The zero-order chi connectivity index (χ0) is 21.7. The van der Waals surface area contributed by atoms with Crippen LogP contribution in [0.5, 0.6) is 5.75 Å². The summed E-state index contributed by atoms with van der Waals surface area (Å²) in [5, 5.41) is 0.585. The van der Waals surface area contributed by atoms with Crippen molar-refractivity contribution < 1.29 is 19.1 Å². The van der Waals surface area contributed by atoms with Gasteiger partial charge in [0.1, 0.15) is 18.4 Å². The molecule has 3 rings (SSSR count). The molecule has 3 unspecified atom stereocenters. The van der Waals surface area contributed by atoms with Crippen LogP contribution in [-0.4, -0.2) is 65.8 Å². The van der Waals surface area contributed by atoms with Gasteiger partial charge in [-0.1, -0.05) is 30.5 Å². The van der Waals surface area contributed by atoms with Crippen LogP contribution in [-0.2, 0) is 14.4 Å². The molecule has 1 aliphatic carbocycles. The Kier molecular flexibility index (Phi) is 8.06. The molecular formula is C22H29ClN2O4S. The van der Waals surface area contributed by atoms with Gasteiger partial charge in [0.2, 0.25) is 17.7 Å². The molecule has 1 heterocycles. The maximum absolute atomic E-state index is 13.2. The van der Waals surface area contributed by atoms with Crippen LogP contribution < -0.4 is 4.74 Å². The predicted octanol–water partition coefficient (Wildman–Crippen LogP) is 3.47. The summed E-state index contributed by atoms with van der Waals surface area (Å²) >= 11 is 7.57. The van der Waals surface area contributed by atoms with Crippen LogP contribution >= 0.6 is 23.4 Å². The molecule has 0 N–H and O–H groups in total. The van der Waals surface area contributed by atoms with E-state index in [0.29, 0.717) is 36.1 Å². The van der Waals surface area contributed by atoms with E-state index in [-0.39, 0.29) is 29.6 Å². The summed E-state index contributed by atoms with van der Waals surface area (Å²) in [6.07, 6.45) is 5.86. The lowest BCUT2D eigenvalue weighted by Crippen LogP contribution is -2.51. The van der Waals surface area contributed by atoms with Crippen molar-refractivity contribution in [1.82, 2.24) is 9.80 Å². The molecule has 164 valence electrons. The number of carbonyl (C=O) groups excluding carboxylic acids is 3. The topological polar surface area (TPSA) is 66.9 Å². The molecule has 0 bridgehead atoms. The van der Waals surface area contributed by atoms with E-state index >= 15 is 0 Å². The molecule has 1 aliphatic heterocycles. The van der Waals surface area contributed by atoms with Crippen LogP contribution in [0.4, 0.5) is 0 Å². The lowest BCUT2D eigenvalue weighted by atomic mass is 9.81. The van der Waals surface area contributed by atoms with E-state index in [1.54, 1.807) is 48.0 Å². The third-order valence-electron chi connectivity index (χ3n) is 5.94. The maximum atomic E-state index is 13.2. The van der Waals surface area contributed by atoms with E-state index in [1.165, 1.54) is 4.90 Å². The fourth-order valence-corrected chi connectivity index (χ4v) is 4.95. The summed E-state index contributed by atoms with van der Waals surface area (Å²) in [4.78, 5) is 42.1. The molecule has 1 saturated carbocycles. The highest BCUT2D eigenvalue weighted by Crippen LogP contribution is 2.39. The first-order valence-electron chi connectivity index (χ1n) is 10.4. The first kappa shape index (κ1) is 22.9. The van der Waals surface area contributed by atoms with Crippen molar-refractivity contribution in [1.29, 1.82) is 0 Å². The first-order chi connectivity index (χ1) is 14.4. The fourth-order valence-electron chi connectivity index (χ4n) is 4.31. The summed E-state index contributed by atoms with van der Waals surface area (Å²) in [6.45, 7) is 0.648. The van der Waals surface area contributed by atoms with Crippen molar-refractivity contribution in [3.63, 3.8) is 0 Å². The Balaban J connectivity index is 1.65. The van der Waals surface area contributed by atoms with E-state index in [0.717, 1.165) is 25.7 Å². The highest BCUT2D eigenvalue weighted by molar-refractivity contribution is 7.98. The Hall–Kier alpha value is -1.73. The average molecular weight is 453 g/mol. The second kappa shape index (κ2) is 10.5. The molecule has 0 spiro atoms. The van der Waals surface area contributed by atoms with Gasteiger partial charge in [-0.2, -0.15) is 11.8 Å². The van der Waals surface area contributed by atoms with Crippen molar-refractivity contribution in [3.05, 3.63) is 29.3 Å². The number of likely N-dealkylation sites (N-methyl/N-ethyl adjacent to an activating group) is 1. The minimum atomic E-state index is -0.737. The van der Waals surface area contributed by atoms with Gasteiger partial charge in [0.15, 0.2) is 0 Å². The van der Waals surface area contributed by atoms with Gasteiger partial charge in [-0.15, -0.1) is 0 Å². The second-order valence-electron chi connectivity index (χ2n) is 7.91. The van der Waals surface area contributed by atoms with Crippen molar-refractivity contribution >= 4 is 41.1 Å². The van der Waals surface area contributed by atoms with Crippen LogP contribution in [0.15, 0.2) is 24.3 Å². The zero-order valence-corrected chi connectivity index (χ0v) is 19.1. The van der Waals surface area contributed by atoms with Gasteiger partial charge in [-0.3, -0.25) is 19.3 Å². The van der Waals surface area contributed by atoms with Crippen LogP contribution in [0.2, 0.25) is 5.02 Å². The quantitative estimate of drug-likeness (QED) is 0.536. The van der Waals surface area contributed by atoms with E-state index in [9.17, 15) is 14.4 Å². The molecule has 2 fully saturated rings. The molecular weight excluding hydrogens is 424 g/mol. The Morgan fingerprint density at radius 3 is 2.53 bits per heavy atom. The number of nitrogens with zero attached hydrogens (tertiary/aromatic N) is 2. The molecule has 30 heavy (non-hydrogen) atoms. The Labute approximate surface area is 187 Å². The van der Waals surface area contributed by atoms with Crippen molar-refractivity contribution in [2.75, 3.05) is 32.2 Å². The lowest BCUT2D eigenvalue weighted by molar-refractivity contribution is -0.151. The highest BCUT2D eigenvalue weighted by atomic mass is 35.5. The number of likely N-dealkylation sites (tertiary alicyclic amines) is 1. The van der Waals surface area contributed by atoms with Crippen molar-refractivity contribution in [2.45, 2.75) is 38.1 Å². The minimum absolute atomic E-state index is 0.160. The Morgan fingerprint density at radius 2 is 1.93 bits per heavy atom. The molecule has 3 atom stereocenters. The summed E-state index contributed by atoms with van der Waals surface area (Å²) in [6, 6.07) is 6.35. The van der Waals surface area contributed by atoms with E-state index in [2.05, 4.69) is 0 Å². The van der Waals surface area contributed by atoms with E-state index in [4.69, 9.17) is 16.3 Å². The number of hydrogen-bond donors (Lipinski definition) is 0. The molecule has 1 aromatic rings. The molecule has 8 heteroatoms. The number of halogens is 1. The van der Waals surface area contributed by atoms with Gasteiger partial charge in [-0.25, -0.2) is 0 Å². The number of amides is 3. The Morgan fingerprint density at radius 1 is 1.27 bits per heavy atom. The van der Waals surface area contributed by atoms with Gasteiger partial charge in [0.25, 0.3) is 0 Å². The van der Waals surface area contributed by atoms with Crippen LogP contribution in [0, 0.1) is 11.8 Å². The number of ether oxygens (including phenoxy) is 1. The van der Waals surface area contributed by atoms with Crippen LogP contribution in [0.3, 0.4) is 0 Å². The number of imide groups is 1. The van der Waals surface area contributed by atoms with Gasteiger partial charge < -0.3 is 9.64 Å². The average Bonchev–Trinajstić information content (AvgIpc) is 2.99. The van der Waals surface area contributed by atoms with Gasteiger partial charge in [0.05, 0.1) is 18.4 Å². The molecule has 2 aliphatic rings. The maximum Gasteiger partial charge on any atom is 0.245 e. The van der Waals surface area contributed by atoms with Gasteiger partial charge in [0, 0.05) is 12.1 Å². The number of benzene rings is 1. The number of carbonyl (C=O) groups is 3. The van der Waals surface area contributed by atoms with Crippen LogP contribution in [0.25, 0.3) is 0 Å². The summed E-state index contributed by atoms with van der Waals surface area (Å²) in [5.41, 5.74) is 0. The van der Waals surface area contributed by atoms with Gasteiger partial charge in [-0.05, 0) is 49.5 Å². The minimum Gasteiger partial charge on any atom is -0.492 e. The summed E-state index contributed by atoms with van der Waals surface area (Å²) in [5.74, 6) is 0.325. The number of fused-ring (bicyclic) bond motifs is 1. The molecule has 1 saturated heterocycles. The lowest BCUT2D eigenvalue weighted by Gasteiger charge is -2.29. The highest BCUT2D eigenvalue weighted by Gasteiger charge is 2.51. The normalized spacial score (nSPS) is 22.0. The standard InChI is InChI=1S/C22H29ClN2O4S/c1-24(11-12-29-16-7-5-6-15(23)14-16)22(28)19(10-13-30-2)25-20(26)17-8-3-4-9-18(17)21(25)27/h5-7,14,17-19H,3-4,8-13H2,1-2H3. The smallest absolute Gasteiger partial charge is 0.245 e. The molecule has 0 aromatic heterocycles. The monoisotopic (exact) mass is 452 g/mol. The molecule has 1 aromatic carbocycles. The van der Waals surface area contributed by atoms with E-state index in [1.807, 2.05) is 6.26 Å². The van der Waals surface area contributed by atoms with Gasteiger partial charge >= 0.3 is 0 Å². The molecule has 3 amide bonds. The first-order valence-corrected chi connectivity index (χ1v) is 12.2. The number of hydrogen-bond acceptors (Lipinski definition) is 5. The largest absolute Gasteiger partial charge is 0.492 e. The van der Waals surface area contributed by atoms with Crippen LogP contribution in [0.1, 0.15) is 32.1 Å².